The zero-order chi connectivity index (χ0) is 16.1. The maximum absolute atomic E-state index is 9.10. The van der Waals surface area contributed by atoms with Gasteiger partial charge in [0.15, 0.2) is 0 Å². The van der Waals surface area contributed by atoms with Crippen LogP contribution in [-0.4, -0.2) is 53.6 Å². The molecule has 0 aliphatic heterocycles. The van der Waals surface area contributed by atoms with Crippen LogP contribution >= 0.6 is 0 Å². The second kappa shape index (κ2) is 11.7. The zero-order valence-electron chi connectivity index (χ0n) is 11.9. The Kier molecular flexibility index (Phi) is 10.5. The van der Waals surface area contributed by atoms with Gasteiger partial charge in [-0.1, -0.05) is 25.1 Å². The van der Waals surface area contributed by atoms with Gasteiger partial charge < -0.3 is 25.4 Å². The van der Waals surface area contributed by atoms with Gasteiger partial charge in [-0.05, 0) is 18.1 Å². The molecule has 0 heterocycles. The number of benzene rings is 1. The predicted molar refractivity (Wildman–Crippen MR) is 76.5 cm³/mol. The first-order chi connectivity index (χ1) is 10.0. The highest BCUT2D eigenvalue weighted by atomic mass is 16.5. The van der Waals surface area contributed by atoms with Crippen LogP contribution in [0.4, 0.5) is 0 Å². The zero-order valence-corrected chi connectivity index (χ0v) is 11.9. The number of hydrogen-bond acceptors (Lipinski definition) is 5. The summed E-state index contributed by atoms with van der Waals surface area (Å²) in [5, 5.41) is 26.4. The van der Waals surface area contributed by atoms with Crippen molar-refractivity contribution in [2.45, 2.75) is 13.3 Å². The highest BCUT2D eigenvalue weighted by Gasteiger charge is 2.04. The number of carboxylic acids is 2. The van der Waals surface area contributed by atoms with Crippen LogP contribution in [-0.2, 0) is 16.0 Å². The van der Waals surface area contributed by atoms with Crippen molar-refractivity contribution >= 4 is 11.9 Å². The Hall–Kier alpha value is -2.12. The first-order valence-electron chi connectivity index (χ1n) is 6.51. The molecule has 0 saturated carbocycles. The van der Waals surface area contributed by atoms with Gasteiger partial charge in [-0.15, -0.1) is 0 Å². The average Bonchev–Trinajstić information content (AvgIpc) is 2.48. The molecule has 1 aromatic rings. The van der Waals surface area contributed by atoms with Crippen molar-refractivity contribution in [2.75, 3.05) is 26.3 Å². The Labute approximate surface area is 123 Å². The largest absolute Gasteiger partial charge is 0.492 e. The second-order valence-electron chi connectivity index (χ2n) is 3.89. The molecule has 0 bridgehead atoms. The number of para-hydroxylation sites is 1. The van der Waals surface area contributed by atoms with Gasteiger partial charge in [-0.25, -0.2) is 9.59 Å². The van der Waals surface area contributed by atoms with Crippen molar-refractivity contribution in [1.82, 2.24) is 5.32 Å². The molecule has 4 N–H and O–H groups in total. The van der Waals surface area contributed by atoms with E-state index in [1.165, 1.54) is 5.56 Å². The minimum Gasteiger partial charge on any atom is -0.492 e. The summed E-state index contributed by atoms with van der Waals surface area (Å²) in [6.07, 6.45) is 0.986. The van der Waals surface area contributed by atoms with Crippen LogP contribution < -0.4 is 10.1 Å². The number of aryl methyl sites for hydroxylation is 1. The van der Waals surface area contributed by atoms with Gasteiger partial charge in [0.2, 0.25) is 0 Å². The number of nitrogens with one attached hydrogen (secondary N) is 1. The molecule has 21 heavy (non-hydrogen) atoms. The summed E-state index contributed by atoms with van der Waals surface area (Å²) in [5.74, 6) is -2.68. The van der Waals surface area contributed by atoms with Crippen molar-refractivity contribution in [1.29, 1.82) is 0 Å². The van der Waals surface area contributed by atoms with Crippen LogP contribution in [0.15, 0.2) is 24.3 Å². The molecule has 7 nitrogen and oxygen atoms in total. The first-order valence-corrected chi connectivity index (χ1v) is 6.51. The van der Waals surface area contributed by atoms with Crippen LogP contribution in [0.25, 0.3) is 0 Å². The molecule has 1 aromatic carbocycles. The lowest BCUT2D eigenvalue weighted by molar-refractivity contribution is -0.159. The van der Waals surface area contributed by atoms with E-state index in [4.69, 9.17) is 29.6 Å². The molecule has 7 heteroatoms. The van der Waals surface area contributed by atoms with Crippen LogP contribution in [0, 0.1) is 0 Å². The van der Waals surface area contributed by atoms with Crippen molar-refractivity contribution in [3.63, 3.8) is 0 Å². The van der Waals surface area contributed by atoms with Gasteiger partial charge in [0.25, 0.3) is 0 Å². The maximum atomic E-state index is 9.10. The maximum Gasteiger partial charge on any atom is 0.414 e. The molecule has 0 radical (unpaired) electrons. The molecule has 0 aromatic heterocycles. The Balaban J connectivity index is 0.000000567. The van der Waals surface area contributed by atoms with Crippen molar-refractivity contribution in [2.24, 2.45) is 0 Å². The summed E-state index contributed by atoms with van der Waals surface area (Å²) in [7, 11) is 0. The number of carboxylic acid groups (broad SMARTS) is 2. The normalized spacial score (nSPS) is 9.43. The van der Waals surface area contributed by atoms with E-state index in [2.05, 4.69) is 18.3 Å². The summed E-state index contributed by atoms with van der Waals surface area (Å²) in [5.41, 5.74) is 1.24. The number of ether oxygens (including phenoxy) is 1. The molecule has 0 unspecified atom stereocenters. The van der Waals surface area contributed by atoms with E-state index in [1.807, 2.05) is 18.2 Å². The standard InChI is InChI=1S/C12H19NO2.C2H2O4/c1-2-11-5-3-4-6-12(11)15-10-8-13-7-9-14;3-1(4)2(5)6/h3-6,13-14H,2,7-10H2,1H3;(H,3,4)(H,5,6). The van der Waals surface area contributed by atoms with Crippen molar-refractivity contribution < 1.29 is 29.6 Å². The van der Waals surface area contributed by atoms with Crippen LogP contribution in [0.2, 0.25) is 0 Å². The number of rotatable bonds is 7. The molecular formula is C14H21NO6. The van der Waals surface area contributed by atoms with Crippen molar-refractivity contribution in [3.05, 3.63) is 29.8 Å². The van der Waals surface area contributed by atoms with E-state index in [0.717, 1.165) is 18.7 Å². The Morgan fingerprint density at radius 2 is 1.76 bits per heavy atom. The van der Waals surface area contributed by atoms with E-state index in [-0.39, 0.29) is 6.61 Å². The van der Waals surface area contributed by atoms with E-state index in [1.54, 1.807) is 0 Å². The Morgan fingerprint density at radius 1 is 1.14 bits per heavy atom. The third-order valence-corrected chi connectivity index (χ3v) is 2.36. The third kappa shape index (κ3) is 9.42. The van der Waals surface area contributed by atoms with Gasteiger partial charge in [-0.2, -0.15) is 0 Å². The lowest BCUT2D eigenvalue weighted by Gasteiger charge is -2.10. The highest BCUT2D eigenvalue weighted by Crippen LogP contribution is 2.17. The molecule has 0 amide bonds. The smallest absolute Gasteiger partial charge is 0.414 e. The topological polar surface area (TPSA) is 116 Å². The quantitative estimate of drug-likeness (QED) is 0.424. The Morgan fingerprint density at radius 3 is 2.29 bits per heavy atom. The van der Waals surface area contributed by atoms with E-state index >= 15 is 0 Å². The fourth-order valence-corrected chi connectivity index (χ4v) is 1.37. The predicted octanol–water partition coefficient (Wildman–Crippen LogP) is 0.365. The summed E-state index contributed by atoms with van der Waals surface area (Å²) in [4.78, 5) is 18.2. The average molecular weight is 299 g/mol. The van der Waals surface area contributed by atoms with Gasteiger partial charge in [-0.3, -0.25) is 0 Å². The second-order valence-corrected chi connectivity index (χ2v) is 3.89. The number of hydrogen-bond donors (Lipinski definition) is 4. The number of aliphatic carboxylic acids is 2. The van der Waals surface area contributed by atoms with E-state index < -0.39 is 11.9 Å². The van der Waals surface area contributed by atoms with Gasteiger partial charge in [0.05, 0.1) is 6.61 Å². The number of aliphatic hydroxyl groups is 1. The minimum absolute atomic E-state index is 0.172. The SMILES string of the molecule is CCc1ccccc1OCCNCCO.O=C(O)C(=O)O. The fourth-order valence-electron chi connectivity index (χ4n) is 1.37. The molecule has 0 aliphatic rings. The molecule has 0 aliphatic carbocycles. The summed E-state index contributed by atoms with van der Waals surface area (Å²) >= 11 is 0. The number of carbonyl (C=O) groups is 2. The minimum atomic E-state index is -1.82. The lowest BCUT2D eigenvalue weighted by Crippen LogP contribution is -2.24. The van der Waals surface area contributed by atoms with Crippen LogP contribution in [0.3, 0.4) is 0 Å². The summed E-state index contributed by atoms with van der Waals surface area (Å²) in [6.45, 7) is 4.31. The molecular weight excluding hydrogens is 278 g/mol. The summed E-state index contributed by atoms with van der Waals surface area (Å²) in [6, 6.07) is 8.08. The van der Waals surface area contributed by atoms with Crippen LogP contribution in [0.1, 0.15) is 12.5 Å². The lowest BCUT2D eigenvalue weighted by atomic mass is 10.1. The monoisotopic (exact) mass is 299 g/mol. The molecule has 0 saturated heterocycles. The molecule has 118 valence electrons. The third-order valence-electron chi connectivity index (χ3n) is 2.36. The Bertz CT molecular complexity index is 423. The molecule has 1 rings (SSSR count). The van der Waals surface area contributed by atoms with Gasteiger partial charge in [0.1, 0.15) is 12.4 Å². The van der Waals surface area contributed by atoms with E-state index in [0.29, 0.717) is 13.2 Å². The molecule has 0 atom stereocenters. The fraction of sp³-hybridized carbons (Fsp3) is 0.429. The van der Waals surface area contributed by atoms with Gasteiger partial charge >= 0.3 is 11.9 Å². The van der Waals surface area contributed by atoms with Gasteiger partial charge in [0, 0.05) is 13.1 Å². The van der Waals surface area contributed by atoms with E-state index in [9.17, 15) is 0 Å². The number of aliphatic hydroxyl groups excluding tert-OH is 1. The summed E-state index contributed by atoms with van der Waals surface area (Å²) < 4.78 is 5.63. The molecule has 0 spiro atoms. The first kappa shape index (κ1) is 18.9. The highest BCUT2D eigenvalue weighted by molar-refractivity contribution is 6.27. The van der Waals surface area contributed by atoms with Crippen molar-refractivity contribution in [3.8, 4) is 5.75 Å². The van der Waals surface area contributed by atoms with Crippen LogP contribution in [0.5, 0.6) is 5.75 Å². The molecule has 0 fully saturated rings.